The number of ether oxygens (including phenoxy) is 2. The number of piperidine rings is 1. The van der Waals surface area contributed by atoms with E-state index in [1.54, 1.807) is 14.2 Å². The number of rotatable bonds is 5. The van der Waals surface area contributed by atoms with Crippen molar-refractivity contribution in [2.75, 3.05) is 32.6 Å². The lowest BCUT2D eigenvalue weighted by atomic mass is 9.98. The zero-order chi connectivity index (χ0) is 20.4. The van der Waals surface area contributed by atoms with E-state index in [2.05, 4.69) is 30.1 Å². The van der Waals surface area contributed by atoms with Crippen LogP contribution < -0.4 is 14.8 Å². The van der Waals surface area contributed by atoms with Crippen LogP contribution in [-0.4, -0.2) is 49.3 Å². The first kappa shape index (κ1) is 20.3. The summed E-state index contributed by atoms with van der Waals surface area (Å²) in [5.41, 5.74) is 4.99. The molecular formula is C24H35N3O2. The zero-order valence-corrected chi connectivity index (χ0v) is 18.4. The molecule has 29 heavy (non-hydrogen) atoms. The number of nitrogens with zero attached hydrogens (tertiary/aromatic N) is 2. The highest BCUT2D eigenvalue weighted by Gasteiger charge is 2.24. The molecule has 5 heteroatoms. The van der Waals surface area contributed by atoms with Crippen molar-refractivity contribution in [2.45, 2.75) is 70.9 Å². The van der Waals surface area contributed by atoms with Crippen LogP contribution in [0.25, 0.3) is 10.9 Å². The molecule has 0 unspecified atom stereocenters. The van der Waals surface area contributed by atoms with Gasteiger partial charge in [-0.05, 0) is 64.0 Å². The minimum atomic E-state index is 0.510. The van der Waals surface area contributed by atoms with Crippen molar-refractivity contribution in [3.63, 3.8) is 0 Å². The summed E-state index contributed by atoms with van der Waals surface area (Å²) < 4.78 is 11.2. The largest absolute Gasteiger partial charge is 0.493 e. The molecule has 158 valence electrons. The van der Waals surface area contributed by atoms with E-state index < -0.39 is 0 Å². The molecule has 1 aromatic carbocycles. The summed E-state index contributed by atoms with van der Waals surface area (Å²) in [4.78, 5) is 7.65. The van der Waals surface area contributed by atoms with Crippen molar-refractivity contribution < 1.29 is 9.47 Å². The van der Waals surface area contributed by atoms with Crippen LogP contribution in [0.3, 0.4) is 0 Å². The highest BCUT2D eigenvalue weighted by atomic mass is 16.5. The molecular weight excluding hydrogens is 362 g/mol. The summed E-state index contributed by atoms with van der Waals surface area (Å²) in [6, 6.07) is 5.28. The van der Waals surface area contributed by atoms with Gasteiger partial charge in [0, 0.05) is 48.0 Å². The van der Waals surface area contributed by atoms with Gasteiger partial charge in [0.05, 0.1) is 19.7 Å². The summed E-state index contributed by atoms with van der Waals surface area (Å²) in [7, 11) is 3.39. The standard InChI is InChI=1S/C24H35N3O2/c1-16(2)27-12-10-17(11-13-27)25-24-18-8-6-5-7-9-20(18)26-21-15-23(29-4)22(28-3)14-19(21)24/h14-17H,5-13H2,1-4H3,(H,25,26). The second-order valence-electron chi connectivity index (χ2n) is 8.75. The molecule has 2 heterocycles. The van der Waals surface area contributed by atoms with E-state index in [4.69, 9.17) is 14.5 Å². The van der Waals surface area contributed by atoms with Gasteiger partial charge in [-0.3, -0.25) is 4.98 Å². The normalized spacial score (nSPS) is 18.5. The van der Waals surface area contributed by atoms with E-state index in [0.717, 1.165) is 48.3 Å². The number of nitrogens with one attached hydrogen (secondary N) is 1. The summed E-state index contributed by atoms with van der Waals surface area (Å²) in [5.74, 6) is 1.52. The Bertz CT molecular complexity index is 857. The van der Waals surface area contributed by atoms with Crippen LogP contribution >= 0.6 is 0 Å². The number of anilines is 1. The summed E-state index contributed by atoms with van der Waals surface area (Å²) in [6.07, 6.45) is 8.30. The molecule has 1 aliphatic heterocycles. The number of methoxy groups -OCH3 is 2. The first-order chi connectivity index (χ1) is 14.1. The predicted octanol–water partition coefficient (Wildman–Crippen LogP) is 4.81. The Morgan fingerprint density at radius 3 is 2.38 bits per heavy atom. The Morgan fingerprint density at radius 1 is 1.00 bits per heavy atom. The summed E-state index contributed by atoms with van der Waals surface area (Å²) >= 11 is 0. The van der Waals surface area contributed by atoms with Crippen molar-refractivity contribution in [1.29, 1.82) is 0 Å². The van der Waals surface area contributed by atoms with E-state index in [1.807, 2.05) is 6.07 Å². The van der Waals surface area contributed by atoms with Gasteiger partial charge in [-0.15, -0.1) is 0 Å². The Kier molecular flexibility index (Phi) is 6.14. The van der Waals surface area contributed by atoms with E-state index in [0.29, 0.717) is 12.1 Å². The molecule has 4 rings (SSSR count). The summed E-state index contributed by atoms with van der Waals surface area (Å²) in [5, 5.41) is 5.13. The average Bonchev–Trinajstić information content (AvgIpc) is 2.98. The third-order valence-corrected chi connectivity index (χ3v) is 6.63. The van der Waals surface area contributed by atoms with Crippen molar-refractivity contribution >= 4 is 16.6 Å². The molecule has 0 bridgehead atoms. The van der Waals surface area contributed by atoms with Crippen LogP contribution in [0.15, 0.2) is 12.1 Å². The van der Waals surface area contributed by atoms with Crippen LogP contribution in [0.4, 0.5) is 5.69 Å². The Labute approximate surface area is 174 Å². The smallest absolute Gasteiger partial charge is 0.162 e. The van der Waals surface area contributed by atoms with Crippen molar-refractivity contribution in [1.82, 2.24) is 9.88 Å². The minimum absolute atomic E-state index is 0.510. The molecule has 1 fully saturated rings. The van der Waals surface area contributed by atoms with Crippen LogP contribution in [0, 0.1) is 0 Å². The zero-order valence-electron chi connectivity index (χ0n) is 18.4. The molecule has 5 nitrogen and oxygen atoms in total. The number of pyridine rings is 1. The molecule has 0 radical (unpaired) electrons. The Hall–Kier alpha value is -2.01. The number of likely N-dealkylation sites (tertiary alicyclic amines) is 1. The van der Waals surface area contributed by atoms with Gasteiger partial charge in [0.1, 0.15) is 0 Å². The maximum absolute atomic E-state index is 5.61. The van der Waals surface area contributed by atoms with Crippen molar-refractivity contribution in [3.8, 4) is 11.5 Å². The van der Waals surface area contributed by atoms with Gasteiger partial charge in [-0.25, -0.2) is 0 Å². The molecule has 0 atom stereocenters. The van der Waals surface area contributed by atoms with Gasteiger partial charge >= 0.3 is 0 Å². The van der Waals surface area contributed by atoms with Gasteiger partial charge < -0.3 is 19.7 Å². The fraction of sp³-hybridized carbons (Fsp3) is 0.625. The molecule has 1 aromatic heterocycles. The second kappa shape index (κ2) is 8.78. The fourth-order valence-corrected chi connectivity index (χ4v) is 4.86. The SMILES string of the molecule is COc1cc2nc3c(c(NC4CCN(C(C)C)CC4)c2cc1OC)CCCCC3. The number of fused-ring (bicyclic) bond motifs is 2. The molecule has 2 aromatic rings. The van der Waals surface area contributed by atoms with Crippen molar-refractivity contribution in [2.24, 2.45) is 0 Å². The Balaban J connectivity index is 1.74. The maximum Gasteiger partial charge on any atom is 0.162 e. The van der Waals surface area contributed by atoms with Crippen LogP contribution in [0.5, 0.6) is 11.5 Å². The van der Waals surface area contributed by atoms with Crippen LogP contribution in [-0.2, 0) is 12.8 Å². The lowest BCUT2D eigenvalue weighted by molar-refractivity contribution is 0.177. The first-order valence-electron chi connectivity index (χ1n) is 11.2. The first-order valence-corrected chi connectivity index (χ1v) is 11.2. The molecule has 0 saturated carbocycles. The number of benzene rings is 1. The van der Waals surface area contributed by atoms with Gasteiger partial charge in [-0.2, -0.15) is 0 Å². The van der Waals surface area contributed by atoms with Gasteiger partial charge in [-0.1, -0.05) is 6.42 Å². The van der Waals surface area contributed by atoms with E-state index in [9.17, 15) is 0 Å². The predicted molar refractivity (Wildman–Crippen MR) is 119 cm³/mol. The maximum atomic E-state index is 5.61. The highest BCUT2D eigenvalue weighted by molar-refractivity contribution is 5.96. The number of hydrogen-bond acceptors (Lipinski definition) is 5. The van der Waals surface area contributed by atoms with E-state index in [1.165, 1.54) is 49.0 Å². The average molecular weight is 398 g/mol. The molecule has 0 amide bonds. The lowest BCUT2D eigenvalue weighted by Crippen LogP contribution is -2.42. The van der Waals surface area contributed by atoms with Gasteiger partial charge in [0.25, 0.3) is 0 Å². The quantitative estimate of drug-likeness (QED) is 0.734. The number of aromatic nitrogens is 1. The molecule has 0 spiro atoms. The molecule has 1 aliphatic carbocycles. The highest BCUT2D eigenvalue weighted by Crippen LogP contribution is 2.39. The monoisotopic (exact) mass is 397 g/mol. The van der Waals surface area contributed by atoms with Crippen molar-refractivity contribution in [3.05, 3.63) is 23.4 Å². The van der Waals surface area contributed by atoms with Crippen LogP contribution in [0.2, 0.25) is 0 Å². The fourth-order valence-electron chi connectivity index (χ4n) is 4.86. The number of aryl methyl sites for hydroxylation is 1. The molecule has 1 N–H and O–H groups in total. The lowest BCUT2D eigenvalue weighted by Gasteiger charge is -2.36. The topological polar surface area (TPSA) is 46.6 Å². The van der Waals surface area contributed by atoms with Crippen LogP contribution in [0.1, 0.15) is 57.2 Å². The Morgan fingerprint density at radius 2 is 1.69 bits per heavy atom. The number of hydrogen-bond donors (Lipinski definition) is 1. The molecule has 1 saturated heterocycles. The third kappa shape index (κ3) is 4.16. The minimum Gasteiger partial charge on any atom is -0.493 e. The van der Waals surface area contributed by atoms with E-state index >= 15 is 0 Å². The van der Waals surface area contributed by atoms with Gasteiger partial charge in [0.15, 0.2) is 11.5 Å². The second-order valence-corrected chi connectivity index (χ2v) is 8.75. The van der Waals surface area contributed by atoms with Gasteiger partial charge in [0.2, 0.25) is 0 Å². The van der Waals surface area contributed by atoms with E-state index in [-0.39, 0.29) is 0 Å². The third-order valence-electron chi connectivity index (χ3n) is 6.63. The summed E-state index contributed by atoms with van der Waals surface area (Å²) in [6.45, 7) is 6.92. The molecule has 2 aliphatic rings.